The van der Waals surface area contributed by atoms with Gasteiger partial charge < -0.3 is 14.5 Å². The second-order valence-corrected chi connectivity index (χ2v) is 9.11. The van der Waals surface area contributed by atoms with Crippen LogP contribution in [-0.2, 0) is 16.4 Å². The average Bonchev–Trinajstić information content (AvgIpc) is 3.38. The van der Waals surface area contributed by atoms with E-state index in [0.29, 0.717) is 19.7 Å². The highest BCUT2D eigenvalue weighted by atomic mass is 32.2. The predicted octanol–water partition coefficient (Wildman–Crippen LogP) is 2.88. The summed E-state index contributed by atoms with van der Waals surface area (Å²) in [5.74, 6) is 0.442. The molecule has 1 saturated heterocycles. The Morgan fingerprint density at radius 2 is 1.93 bits per heavy atom. The van der Waals surface area contributed by atoms with Crippen molar-refractivity contribution in [3.8, 4) is 5.75 Å². The van der Waals surface area contributed by atoms with Gasteiger partial charge in [-0.05, 0) is 55.2 Å². The van der Waals surface area contributed by atoms with E-state index >= 15 is 0 Å². The highest BCUT2D eigenvalue weighted by Crippen LogP contribution is 2.28. The van der Waals surface area contributed by atoms with E-state index in [-0.39, 0.29) is 16.9 Å². The zero-order valence-electron chi connectivity index (χ0n) is 15.8. The van der Waals surface area contributed by atoms with Gasteiger partial charge in [0.2, 0.25) is 5.09 Å². The number of rotatable bonds is 5. The number of ether oxygens (including phenoxy) is 1. The van der Waals surface area contributed by atoms with Crippen LogP contribution in [0.1, 0.15) is 53.9 Å². The lowest BCUT2D eigenvalue weighted by molar-refractivity contribution is 0.0906. The zero-order valence-corrected chi connectivity index (χ0v) is 16.6. The molecule has 0 aliphatic carbocycles. The van der Waals surface area contributed by atoms with Crippen molar-refractivity contribution < 1.29 is 22.4 Å². The number of amides is 1. The van der Waals surface area contributed by atoms with Crippen LogP contribution >= 0.6 is 0 Å². The highest BCUT2D eigenvalue weighted by molar-refractivity contribution is 7.89. The van der Waals surface area contributed by atoms with Crippen molar-refractivity contribution in [2.24, 2.45) is 0 Å². The molecule has 2 aromatic rings. The molecule has 0 radical (unpaired) electrons. The third-order valence-corrected chi connectivity index (χ3v) is 7.05. The summed E-state index contributed by atoms with van der Waals surface area (Å²) in [6.07, 6.45) is 3.58. The van der Waals surface area contributed by atoms with Gasteiger partial charge in [-0.25, -0.2) is 8.42 Å². The molecule has 8 heteroatoms. The first-order valence-corrected chi connectivity index (χ1v) is 11.1. The summed E-state index contributed by atoms with van der Waals surface area (Å²) in [5.41, 5.74) is 2.09. The fourth-order valence-electron chi connectivity index (χ4n) is 3.64. The molecule has 3 heterocycles. The molecule has 1 amide bonds. The van der Waals surface area contributed by atoms with Crippen molar-refractivity contribution in [3.05, 3.63) is 47.2 Å². The summed E-state index contributed by atoms with van der Waals surface area (Å²) < 4.78 is 37.7. The number of sulfonamides is 1. The monoisotopic (exact) mass is 404 g/mol. The Morgan fingerprint density at radius 3 is 2.71 bits per heavy atom. The Balaban J connectivity index is 1.45. The number of carbonyl (C=O) groups excluding carboxylic acids is 1. The fraction of sp³-hybridized carbons (Fsp3) is 0.450. The third-order valence-electron chi connectivity index (χ3n) is 5.28. The first-order valence-electron chi connectivity index (χ1n) is 9.61. The molecule has 1 aromatic heterocycles. The van der Waals surface area contributed by atoms with Crippen LogP contribution < -0.4 is 10.1 Å². The molecule has 2 aliphatic heterocycles. The Bertz CT molecular complexity index is 976. The molecule has 0 unspecified atom stereocenters. The summed E-state index contributed by atoms with van der Waals surface area (Å²) in [6, 6.07) is 8.39. The highest BCUT2D eigenvalue weighted by Gasteiger charge is 2.30. The average molecular weight is 404 g/mol. The normalized spacial score (nSPS) is 18.3. The van der Waals surface area contributed by atoms with Gasteiger partial charge in [0.15, 0.2) is 5.76 Å². The number of fused-ring (bicyclic) bond motifs is 1. The lowest BCUT2D eigenvalue weighted by Crippen LogP contribution is -2.35. The summed E-state index contributed by atoms with van der Waals surface area (Å²) in [5, 5.41) is 2.69. The minimum Gasteiger partial charge on any atom is -0.493 e. The van der Waals surface area contributed by atoms with Gasteiger partial charge in [-0.3, -0.25) is 4.79 Å². The molecular weight excluding hydrogens is 380 g/mol. The molecule has 1 atom stereocenters. The lowest BCUT2D eigenvalue weighted by atomic mass is 10.0. The lowest BCUT2D eigenvalue weighted by Gasteiger charge is -2.24. The van der Waals surface area contributed by atoms with Gasteiger partial charge in [0.05, 0.1) is 12.6 Å². The maximum absolute atomic E-state index is 12.7. The van der Waals surface area contributed by atoms with Gasteiger partial charge in [-0.15, -0.1) is 0 Å². The summed E-state index contributed by atoms with van der Waals surface area (Å²) in [7, 11) is -3.69. The van der Waals surface area contributed by atoms with Crippen molar-refractivity contribution in [1.82, 2.24) is 9.62 Å². The molecule has 4 rings (SSSR count). The minimum atomic E-state index is -3.69. The molecular formula is C20H24N2O5S. The van der Waals surface area contributed by atoms with Crippen molar-refractivity contribution in [2.45, 2.75) is 43.7 Å². The van der Waals surface area contributed by atoms with E-state index in [1.165, 1.54) is 16.4 Å². The number of piperidine rings is 1. The molecule has 1 aromatic carbocycles. The maximum atomic E-state index is 12.7. The van der Waals surface area contributed by atoms with Crippen LogP contribution in [0.25, 0.3) is 0 Å². The summed E-state index contributed by atoms with van der Waals surface area (Å²) >= 11 is 0. The van der Waals surface area contributed by atoms with Crippen LogP contribution in [-0.4, -0.2) is 38.3 Å². The molecule has 7 nitrogen and oxygen atoms in total. The zero-order chi connectivity index (χ0) is 19.7. The van der Waals surface area contributed by atoms with Crippen molar-refractivity contribution >= 4 is 15.9 Å². The number of benzene rings is 1. The van der Waals surface area contributed by atoms with Crippen LogP contribution in [0, 0.1) is 0 Å². The molecule has 28 heavy (non-hydrogen) atoms. The topological polar surface area (TPSA) is 88.9 Å². The second-order valence-electron chi connectivity index (χ2n) is 7.24. The minimum absolute atomic E-state index is 0.00747. The number of hydrogen-bond acceptors (Lipinski definition) is 5. The molecule has 150 valence electrons. The number of hydrogen-bond donors (Lipinski definition) is 1. The van der Waals surface area contributed by atoms with Gasteiger partial charge in [0.25, 0.3) is 15.9 Å². The quantitative estimate of drug-likeness (QED) is 0.828. The predicted molar refractivity (Wildman–Crippen MR) is 103 cm³/mol. The van der Waals surface area contributed by atoms with Crippen molar-refractivity contribution in [3.63, 3.8) is 0 Å². The Labute approximate surface area is 164 Å². The molecule has 2 aliphatic rings. The van der Waals surface area contributed by atoms with Crippen molar-refractivity contribution in [2.75, 3.05) is 19.7 Å². The number of carbonyl (C=O) groups is 1. The summed E-state index contributed by atoms with van der Waals surface area (Å²) in [6.45, 7) is 3.54. The number of furan rings is 1. The van der Waals surface area contributed by atoms with E-state index in [0.717, 1.165) is 42.6 Å². The van der Waals surface area contributed by atoms with Gasteiger partial charge in [0.1, 0.15) is 5.75 Å². The van der Waals surface area contributed by atoms with E-state index in [4.69, 9.17) is 9.15 Å². The van der Waals surface area contributed by atoms with Gasteiger partial charge in [-0.1, -0.05) is 12.5 Å². The van der Waals surface area contributed by atoms with Crippen LogP contribution in [0.15, 0.2) is 39.8 Å². The number of nitrogens with zero attached hydrogens (tertiary/aromatic N) is 1. The van der Waals surface area contributed by atoms with Crippen LogP contribution in [0.2, 0.25) is 0 Å². The largest absolute Gasteiger partial charge is 0.493 e. The third kappa shape index (κ3) is 3.66. The molecule has 1 fully saturated rings. The smallest absolute Gasteiger partial charge is 0.287 e. The van der Waals surface area contributed by atoms with E-state index in [1.807, 2.05) is 25.1 Å². The Hall–Kier alpha value is -2.32. The fourth-order valence-corrected chi connectivity index (χ4v) is 5.07. The molecule has 0 saturated carbocycles. The van der Waals surface area contributed by atoms with Crippen LogP contribution in [0.5, 0.6) is 5.75 Å². The Kier molecular flexibility index (Phi) is 5.16. The molecule has 1 N–H and O–H groups in total. The first-order chi connectivity index (χ1) is 13.4. The summed E-state index contributed by atoms with van der Waals surface area (Å²) in [4.78, 5) is 12.5. The Morgan fingerprint density at radius 1 is 1.14 bits per heavy atom. The maximum Gasteiger partial charge on any atom is 0.287 e. The van der Waals surface area contributed by atoms with Crippen LogP contribution in [0.3, 0.4) is 0 Å². The van der Waals surface area contributed by atoms with E-state index in [9.17, 15) is 13.2 Å². The van der Waals surface area contributed by atoms with E-state index in [1.54, 1.807) is 0 Å². The van der Waals surface area contributed by atoms with Crippen molar-refractivity contribution in [1.29, 1.82) is 0 Å². The first kappa shape index (κ1) is 19.0. The van der Waals surface area contributed by atoms with Gasteiger partial charge >= 0.3 is 0 Å². The van der Waals surface area contributed by atoms with Gasteiger partial charge in [-0.2, -0.15) is 4.31 Å². The van der Waals surface area contributed by atoms with Gasteiger partial charge in [0, 0.05) is 19.5 Å². The number of nitrogens with one attached hydrogen (secondary N) is 1. The molecule has 0 spiro atoms. The van der Waals surface area contributed by atoms with E-state index < -0.39 is 15.9 Å². The standard InChI is InChI=1S/C20H24N2O5S/c1-14(15-5-6-17-16(13-15)9-12-26-17)21-20(23)18-7-8-19(27-18)28(24,25)22-10-3-2-4-11-22/h5-8,13-14H,2-4,9-12H2,1H3,(H,21,23)/t14-/m0/s1. The second kappa shape index (κ2) is 7.60. The van der Waals surface area contributed by atoms with E-state index in [2.05, 4.69) is 5.32 Å². The molecule has 0 bridgehead atoms. The SMILES string of the molecule is C[C@H](NC(=O)c1ccc(S(=O)(=O)N2CCCCC2)o1)c1ccc2c(c1)CCO2. The van der Waals surface area contributed by atoms with Crippen LogP contribution in [0.4, 0.5) is 0 Å².